The number of nitrogens with zero attached hydrogens (tertiary/aromatic N) is 5. The Kier molecular flexibility index (Phi) is 4.20. The Morgan fingerprint density at radius 3 is 3.08 bits per heavy atom. The van der Waals surface area contributed by atoms with Gasteiger partial charge in [-0.25, -0.2) is 15.0 Å². The Labute approximate surface area is 148 Å². The summed E-state index contributed by atoms with van der Waals surface area (Å²) in [6, 6.07) is 3.91. The highest BCUT2D eigenvalue weighted by Gasteiger charge is 2.10. The molecule has 4 rings (SSSR count). The third-order valence-electron chi connectivity index (χ3n) is 4.04. The molecule has 0 atom stereocenters. The zero-order chi connectivity index (χ0) is 17.9. The van der Waals surface area contributed by atoms with Gasteiger partial charge in [-0.3, -0.25) is 4.68 Å². The molecular formula is C17H18N8O. The maximum Gasteiger partial charge on any atom is 0.169 e. The number of hydrogen-bond donors (Lipinski definition) is 4. The molecular weight excluding hydrogens is 332 g/mol. The number of aliphatic hydroxyl groups is 1. The molecule has 4 heterocycles. The lowest BCUT2D eigenvalue weighted by Crippen LogP contribution is -2.06. The minimum atomic E-state index is 0.0286. The number of aliphatic hydroxyl groups excluding tert-OH is 1. The second kappa shape index (κ2) is 6.81. The van der Waals surface area contributed by atoms with E-state index in [1.807, 2.05) is 24.5 Å². The highest BCUT2D eigenvalue weighted by atomic mass is 16.3. The molecule has 0 aliphatic heterocycles. The first-order valence-electron chi connectivity index (χ1n) is 8.15. The van der Waals surface area contributed by atoms with Crippen LogP contribution in [0.4, 0.5) is 11.6 Å². The summed E-state index contributed by atoms with van der Waals surface area (Å²) in [5.74, 6) is 0.838. The molecule has 9 nitrogen and oxygen atoms in total. The standard InChI is InChI=1S/C17H18N8O/c18-15-17(22-7-11-6-21-16-13(11)2-1-3-19-16)24-14(9-20-15)12-8-23-25(10-12)4-5-26/h1-3,6,8-10,26H,4-5,7H2,(H2,18,20)(H,19,21)(H,22,24). The fourth-order valence-electron chi connectivity index (χ4n) is 2.73. The minimum absolute atomic E-state index is 0.0286. The van der Waals surface area contributed by atoms with Crippen molar-refractivity contribution in [1.29, 1.82) is 0 Å². The van der Waals surface area contributed by atoms with E-state index in [0.717, 1.165) is 22.2 Å². The van der Waals surface area contributed by atoms with Crippen LogP contribution in [0.5, 0.6) is 0 Å². The van der Waals surface area contributed by atoms with E-state index in [1.165, 1.54) is 0 Å². The van der Waals surface area contributed by atoms with E-state index in [4.69, 9.17) is 10.8 Å². The number of rotatable bonds is 6. The molecule has 0 aromatic carbocycles. The van der Waals surface area contributed by atoms with Crippen molar-refractivity contribution in [1.82, 2.24) is 29.7 Å². The van der Waals surface area contributed by atoms with Crippen molar-refractivity contribution in [2.24, 2.45) is 0 Å². The maximum absolute atomic E-state index is 8.99. The first kappa shape index (κ1) is 16.0. The molecule has 0 unspecified atom stereocenters. The van der Waals surface area contributed by atoms with Crippen LogP contribution in [-0.4, -0.2) is 41.4 Å². The van der Waals surface area contributed by atoms with E-state index >= 15 is 0 Å². The molecule has 132 valence electrons. The second-order valence-electron chi connectivity index (χ2n) is 5.77. The lowest BCUT2D eigenvalue weighted by atomic mass is 10.2. The van der Waals surface area contributed by atoms with Gasteiger partial charge in [-0.2, -0.15) is 5.10 Å². The predicted octanol–water partition coefficient (Wildman–Crippen LogP) is 1.40. The molecule has 4 aromatic heterocycles. The number of aromatic amines is 1. The van der Waals surface area contributed by atoms with Crippen molar-refractivity contribution >= 4 is 22.7 Å². The van der Waals surface area contributed by atoms with Gasteiger partial charge >= 0.3 is 0 Å². The number of anilines is 2. The normalized spacial score (nSPS) is 11.1. The summed E-state index contributed by atoms with van der Waals surface area (Å²) in [7, 11) is 0. The average molecular weight is 350 g/mol. The van der Waals surface area contributed by atoms with Gasteiger partial charge in [-0.1, -0.05) is 0 Å². The second-order valence-corrected chi connectivity index (χ2v) is 5.77. The molecule has 0 bridgehead atoms. The number of pyridine rings is 1. The Hall–Kier alpha value is -3.46. The molecule has 0 amide bonds. The topological polar surface area (TPSA) is 131 Å². The van der Waals surface area contributed by atoms with E-state index in [-0.39, 0.29) is 6.61 Å². The molecule has 0 fully saturated rings. The minimum Gasteiger partial charge on any atom is -0.394 e. The van der Waals surface area contributed by atoms with Crippen LogP contribution in [0, 0.1) is 0 Å². The van der Waals surface area contributed by atoms with Crippen molar-refractivity contribution in [2.75, 3.05) is 17.7 Å². The van der Waals surface area contributed by atoms with Crippen LogP contribution in [0.3, 0.4) is 0 Å². The number of nitrogens with two attached hydrogens (primary N) is 1. The van der Waals surface area contributed by atoms with Gasteiger partial charge < -0.3 is 21.1 Å². The summed E-state index contributed by atoms with van der Waals surface area (Å²) in [6.45, 7) is 1.00. The number of nitrogen functional groups attached to an aromatic ring is 1. The van der Waals surface area contributed by atoms with Gasteiger partial charge in [0.2, 0.25) is 0 Å². The summed E-state index contributed by atoms with van der Waals surface area (Å²) < 4.78 is 1.65. The van der Waals surface area contributed by atoms with Gasteiger partial charge in [0.25, 0.3) is 0 Å². The molecule has 4 aromatic rings. The fourth-order valence-corrected chi connectivity index (χ4v) is 2.73. The monoisotopic (exact) mass is 350 g/mol. The number of nitrogens with one attached hydrogen (secondary N) is 2. The van der Waals surface area contributed by atoms with Crippen molar-refractivity contribution in [3.05, 3.63) is 48.7 Å². The molecule has 0 saturated carbocycles. The fraction of sp³-hybridized carbons (Fsp3) is 0.176. The third kappa shape index (κ3) is 3.07. The Balaban J connectivity index is 1.56. The van der Waals surface area contributed by atoms with E-state index in [2.05, 4.69) is 30.4 Å². The summed E-state index contributed by atoms with van der Waals surface area (Å²) in [4.78, 5) is 16.2. The maximum atomic E-state index is 8.99. The number of fused-ring (bicyclic) bond motifs is 1. The van der Waals surface area contributed by atoms with Crippen molar-refractivity contribution in [3.63, 3.8) is 0 Å². The molecule has 0 radical (unpaired) electrons. The molecule has 5 N–H and O–H groups in total. The number of H-pyrrole nitrogens is 1. The first-order chi connectivity index (χ1) is 12.7. The van der Waals surface area contributed by atoms with Gasteiger partial charge in [0.05, 0.1) is 31.2 Å². The summed E-state index contributed by atoms with van der Waals surface area (Å²) in [5.41, 5.74) is 9.34. The molecule has 0 aliphatic carbocycles. The number of hydrogen-bond acceptors (Lipinski definition) is 7. The Bertz CT molecular complexity index is 1040. The predicted molar refractivity (Wildman–Crippen MR) is 98.2 cm³/mol. The van der Waals surface area contributed by atoms with Crippen LogP contribution in [0.2, 0.25) is 0 Å². The smallest absolute Gasteiger partial charge is 0.169 e. The molecule has 0 saturated heterocycles. The highest BCUT2D eigenvalue weighted by Crippen LogP contribution is 2.22. The lowest BCUT2D eigenvalue weighted by molar-refractivity contribution is 0.269. The van der Waals surface area contributed by atoms with Crippen LogP contribution in [-0.2, 0) is 13.1 Å². The van der Waals surface area contributed by atoms with Gasteiger partial charge in [0.15, 0.2) is 11.6 Å². The zero-order valence-corrected chi connectivity index (χ0v) is 13.9. The van der Waals surface area contributed by atoms with Crippen molar-refractivity contribution in [2.45, 2.75) is 13.1 Å². The summed E-state index contributed by atoms with van der Waals surface area (Å²) in [5, 5.41) is 17.5. The van der Waals surface area contributed by atoms with Crippen LogP contribution in [0.15, 0.2) is 43.1 Å². The number of aromatic nitrogens is 6. The molecule has 0 spiro atoms. The average Bonchev–Trinajstić information content (AvgIpc) is 3.29. The van der Waals surface area contributed by atoms with Crippen LogP contribution < -0.4 is 11.1 Å². The van der Waals surface area contributed by atoms with E-state index in [0.29, 0.717) is 30.4 Å². The van der Waals surface area contributed by atoms with Crippen LogP contribution in [0.25, 0.3) is 22.3 Å². The van der Waals surface area contributed by atoms with Crippen molar-refractivity contribution < 1.29 is 5.11 Å². The van der Waals surface area contributed by atoms with Crippen molar-refractivity contribution in [3.8, 4) is 11.3 Å². The molecule has 0 aliphatic rings. The highest BCUT2D eigenvalue weighted by molar-refractivity contribution is 5.79. The Morgan fingerprint density at radius 1 is 1.27 bits per heavy atom. The summed E-state index contributed by atoms with van der Waals surface area (Å²) >= 11 is 0. The largest absolute Gasteiger partial charge is 0.394 e. The SMILES string of the molecule is Nc1ncc(-c2cnn(CCO)c2)nc1NCc1c[nH]c2ncccc12. The summed E-state index contributed by atoms with van der Waals surface area (Å²) in [6.07, 6.45) is 8.77. The Morgan fingerprint density at radius 2 is 2.19 bits per heavy atom. The third-order valence-corrected chi connectivity index (χ3v) is 4.04. The lowest BCUT2D eigenvalue weighted by Gasteiger charge is -2.08. The van der Waals surface area contributed by atoms with Gasteiger partial charge in [-0.15, -0.1) is 0 Å². The van der Waals surface area contributed by atoms with Crippen LogP contribution >= 0.6 is 0 Å². The molecule has 26 heavy (non-hydrogen) atoms. The van der Waals surface area contributed by atoms with E-state index in [9.17, 15) is 0 Å². The quantitative estimate of drug-likeness (QED) is 0.413. The van der Waals surface area contributed by atoms with E-state index < -0.39 is 0 Å². The van der Waals surface area contributed by atoms with Gasteiger partial charge in [0.1, 0.15) is 5.65 Å². The zero-order valence-electron chi connectivity index (χ0n) is 13.9. The molecule has 9 heteroatoms. The van der Waals surface area contributed by atoms with Crippen LogP contribution in [0.1, 0.15) is 5.56 Å². The van der Waals surface area contributed by atoms with Gasteiger partial charge in [0, 0.05) is 36.1 Å². The first-order valence-corrected chi connectivity index (χ1v) is 8.15. The van der Waals surface area contributed by atoms with Gasteiger partial charge in [-0.05, 0) is 17.7 Å². The van der Waals surface area contributed by atoms with E-state index in [1.54, 1.807) is 23.3 Å².